The van der Waals surface area contributed by atoms with Gasteiger partial charge in [-0.15, -0.1) is 0 Å². The number of nitrogens with zero attached hydrogens (tertiary/aromatic N) is 1. The molecule has 114 valence electrons. The maximum Gasteiger partial charge on any atom is 0.147 e. The number of aliphatic hydroxyl groups is 1. The van der Waals surface area contributed by atoms with Crippen molar-refractivity contribution in [1.29, 1.82) is 0 Å². The zero-order chi connectivity index (χ0) is 15.2. The van der Waals surface area contributed by atoms with Crippen molar-refractivity contribution >= 4 is 34.8 Å². The number of hydrogen-bond donors (Lipinski definition) is 3. The third-order valence-electron chi connectivity index (χ3n) is 3.37. The molecule has 3 N–H and O–H groups in total. The molecule has 0 saturated carbocycles. The highest BCUT2D eigenvalue weighted by Gasteiger charge is 2.22. The van der Waals surface area contributed by atoms with E-state index in [1.54, 1.807) is 6.07 Å². The Morgan fingerprint density at radius 1 is 1.10 bits per heavy atom. The molecule has 6 heteroatoms. The molecular weight excluding hydrogens is 297 g/mol. The molecule has 0 aliphatic rings. The average Bonchev–Trinajstić information content (AvgIpc) is 2.45. The lowest BCUT2D eigenvalue weighted by atomic mass is 9.98. The van der Waals surface area contributed by atoms with Gasteiger partial charge in [-0.3, -0.25) is 0 Å². The molecule has 20 heavy (non-hydrogen) atoms. The Balaban J connectivity index is 2.84. The monoisotopic (exact) mass is 319 g/mol. The normalized spacial score (nSPS) is 11.5. The molecule has 0 atom stereocenters. The van der Waals surface area contributed by atoms with Crippen molar-refractivity contribution in [3.05, 3.63) is 16.1 Å². The maximum atomic E-state index is 10.3. The van der Waals surface area contributed by atoms with Gasteiger partial charge in [0.1, 0.15) is 11.6 Å². The lowest BCUT2D eigenvalue weighted by Gasteiger charge is -2.26. The Labute approximate surface area is 130 Å². The van der Waals surface area contributed by atoms with Crippen LogP contribution in [0.3, 0.4) is 0 Å². The SMILES string of the molecule is CCCNc1nc(NCC(O)(CC)CC)c(Cl)cc1Cl. The summed E-state index contributed by atoms with van der Waals surface area (Å²) >= 11 is 12.2. The summed E-state index contributed by atoms with van der Waals surface area (Å²) in [5.74, 6) is 1.15. The zero-order valence-corrected chi connectivity index (χ0v) is 13.8. The van der Waals surface area contributed by atoms with E-state index in [0.717, 1.165) is 13.0 Å². The predicted octanol–water partition coefficient (Wildman–Crippen LogP) is 4.17. The van der Waals surface area contributed by atoms with Gasteiger partial charge in [0.05, 0.1) is 15.6 Å². The Morgan fingerprint density at radius 3 is 2.15 bits per heavy atom. The first-order chi connectivity index (χ1) is 9.45. The minimum atomic E-state index is -0.748. The van der Waals surface area contributed by atoms with Crippen LogP contribution in [0.15, 0.2) is 6.07 Å². The molecule has 0 aliphatic carbocycles. The molecule has 4 nitrogen and oxygen atoms in total. The first kappa shape index (κ1) is 17.3. The van der Waals surface area contributed by atoms with Crippen molar-refractivity contribution in [2.45, 2.75) is 45.6 Å². The Kier molecular flexibility index (Phi) is 6.86. The first-order valence-electron chi connectivity index (χ1n) is 7.02. The van der Waals surface area contributed by atoms with E-state index in [2.05, 4.69) is 22.5 Å². The number of halogens is 2. The van der Waals surface area contributed by atoms with Gasteiger partial charge < -0.3 is 15.7 Å². The van der Waals surface area contributed by atoms with Crippen LogP contribution >= 0.6 is 23.2 Å². The third kappa shape index (κ3) is 4.69. The highest BCUT2D eigenvalue weighted by molar-refractivity contribution is 6.37. The molecule has 0 bridgehead atoms. The third-order valence-corrected chi connectivity index (χ3v) is 3.95. The number of nitrogens with one attached hydrogen (secondary N) is 2. The van der Waals surface area contributed by atoms with Gasteiger partial charge in [-0.25, -0.2) is 4.98 Å². The fraction of sp³-hybridized carbons (Fsp3) is 0.643. The van der Waals surface area contributed by atoms with E-state index in [1.807, 2.05) is 13.8 Å². The minimum Gasteiger partial charge on any atom is -0.388 e. The first-order valence-corrected chi connectivity index (χ1v) is 7.77. The van der Waals surface area contributed by atoms with E-state index in [4.69, 9.17) is 23.2 Å². The van der Waals surface area contributed by atoms with Gasteiger partial charge in [0.2, 0.25) is 0 Å². The van der Waals surface area contributed by atoms with E-state index in [9.17, 15) is 5.11 Å². The second-order valence-electron chi connectivity index (χ2n) is 4.86. The number of rotatable bonds is 8. The van der Waals surface area contributed by atoms with Crippen molar-refractivity contribution in [1.82, 2.24) is 4.98 Å². The standard InChI is InChI=1S/C14H23Cl2N3O/c1-4-7-17-12-10(15)8-11(16)13(19-12)18-9-14(20,5-2)6-3/h8,20H,4-7,9H2,1-3H3,(H2,17,18,19). The van der Waals surface area contributed by atoms with Crippen molar-refractivity contribution in [2.75, 3.05) is 23.7 Å². The topological polar surface area (TPSA) is 57.2 Å². The van der Waals surface area contributed by atoms with Crippen LogP contribution in [0.4, 0.5) is 11.6 Å². The fourth-order valence-electron chi connectivity index (χ4n) is 1.71. The second kappa shape index (κ2) is 7.91. The van der Waals surface area contributed by atoms with Gasteiger partial charge in [-0.2, -0.15) is 0 Å². The molecule has 0 fully saturated rings. The van der Waals surface area contributed by atoms with Crippen LogP contribution in [-0.4, -0.2) is 28.8 Å². The van der Waals surface area contributed by atoms with Gasteiger partial charge in [0, 0.05) is 13.1 Å². The van der Waals surface area contributed by atoms with Crippen LogP contribution in [0.1, 0.15) is 40.0 Å². The lowest BCUT2D eigenvalue weighted by molar-refractivity contribution is 0.0456. The van der Waals surface area contributed by atoms with Gasteiger partial charge in [-0.05, 0) is 25.3 Å². The van der Waals surface area contributed by atoms with Gasteiger partial charge in [0.15, 0.2) is 0 Å². The summed E-state index contributed by atoms with van der Waals surface area (Å²) in [6, 6.07) is 1.66. The quantitative estimate of drug-likeness (QED) is 0.673. The lowest BCUT2D eigenvalue weighted by Crippen LogP contribution is -2.35. The Bertz CT molecular complexity index is 437. The summed E-state index contributed by atoms with van der Waals surface area (Å²) < 4.78 is 0. The van der Waals surface area contributed by atoms with Crippen LogP contribution in [-0.2, 0) is 0 Å². The smallest absolute Gasteiger partial charge is 0.147 e. The summed E-state index contributed by atoms with van der Waals surface area (Å²) in [7, 11) is 0. The molecule has 0 aliphatic heterocycles. The number of hydrogen-bond acceptors (Lipinski definition) is 4. The van der Waals surface area contributed by atoms with Crippen LogP contribution in [0.5, 0.6) is 0 Å². The molecule has 1 aromatic heterocycles. The van der Waals surface area contributed by atoms with Gasteiger partial charge in [-0.1, -0.05) is 44.0 Å². The van der Waals surface area contributed by atoms with Crippen molar-refractivity contribution < 1.29 is 5.11 Å². The summed E-state index contributed by atoms with van der Waals surface area (Å²) in [6.45, 7) is 7.18. The molecule has 0 amide bonds. The molecule has 0 aromatic carbocycles. The molecule has 0 saturated heterocycles. The predicted molar refractivity (Wildman–Crippen MR) is 87.1 cm³/mol. The molecule has 0 unspecified atom stereocenters. The highest BCUT2D eigenvalue weighted by Crippen LogP contribution is 2.29. The second-order valence-corrected chi connectivity index (χ2v) is 5.68. The summed E-state index contributed by atoms with van der Waals surface area (Å²) in [5.41, 5.74) is -0.748. The molecular formula is C14H23Cl2N3O. The minimum absolute atomic E-state index is 0.404. The summed E-state index contributed by atoms with van der Waals surface area (Å²) in [4.78, 5) is 4.38. The molecule has 0 radical (unpaired) electrons. The van der Waals surface area contributed by atoms with Gasteiger partial charge >= 0.3 is 0 Å². The zero-order valence-electron chi connectivity index (χ0n) is 12.3. The summed E-state index contributed by atoms with van der Waals surface area (Å²) in [6.07, 6.45) is 2.32. The molecule has 1 rings (SSSR count). The van der Waals surface area contributed by atoms with Crippen molar-refractivity contribution in [3.63, 3.8) is 0 Å². The van der Waals surface area contributed by atoms with E-state index in [-0.39, 0.29) is 0 Å². The fourth-order valence-corrected chi connectivity index (χ4v) is 2.20. The Hall–Kier alpha value is -0.710. The van der Waals surface area contributed by atoms with Crippen molar-refractivity contribution in [3.8, 4) is 0 Å². The largest absolute Gasteiger partial charge is 0.388 e. The van der Waals surface area contributed by atoms with E-state index in [1.165, 1.54) is 0 Å². The molecule has 1 aromatic rings. The van der Waals surface area contributed by atoms with Gasteiger partial charge in [0.25, 0.3) is 0 Å². The summed E-state index contributed by atoms with van der Waals surface area (Å²) in [5, 5.41) is 17.5. The van der Waals surface area contributed by atoms with Crippen LogP contribution in [0.2, 0.25) is 10.0 Å². The van der Waals surface area contributed by atoms with Crippen LogP contribution in [0, 0.1) is 0 Å². The molecule has 0 spiro atoms. The van der Waals surface area contributed by atoms with E-state index < -0.39 is 5.60 Å². The molecule has 1 heterocycles. The Morgan fingerprint density at radius 2 is 1.65 bits per heavy atom. The maximum absolute atomic E-state index is 10.3. The number of pyridine rings is 1. The van der Waals surface area contributed by atoms with E-state index in [0.29, 0.717) is 41.1 Å². The average molecular weight is 320 g/mol. The van der Waals surface area contributed by atoms with E-state index >= 15 is 0 Å². The van der Waals surface area contributed by atoms with Crippen LogP contribution < -0.4 is 10.6 Å². The number of anilines is 2. The highest BCUT2D eigenvalue weighted by atomic mass is 35.5. The number of aromatic nitrogens is 1. The van der Waals surface area contributed by atoms with Crippen molar-refractivity contribution in [2.24, 2.45) is 0 Å². The van der Waals surface area contributed by atoms with Crippen LogP contribution in [0.25, 0.3) is 0 Å².